The Balaban J connectivity index is 2.33. The second kappa shape index (κ2) is 5.52. The second-order valence-electron chi connectivity index (χ2n) is 5.14. The van der Waals surface area contributed by atoms with Gasteiger partial charge in [0.25, 0.3) is 0 Å². The van der Waals surface area contributed by atoms with E-state index in [1.165, 1.54) is 19.2 Å². The van der Waals surface area contributed by atoms with Gasteiger partial charge in [-0.3, -0.25) is 0 Å². The van der Waals surface area contributed by atoms with Crippen LogP contribution in [0.5, 0.6) is 0 Å². The molecule has 20 heavy (non-hydrogen) atoms. The normalized spacial score (nSPS) is 23.8. The fourth-order valence-corrected chi connectivity index (χ4v) is 2.57. The number of halogens is 3. The zero-order valence-corrected chi connectivity index (χ0v) is 11.8. The molecule has 1 fully saturated rings. The Bertz CT molecular complexity index is 466. The Morgan fingerprint density at radius 2 is 1.80 bits per heavy atom. The summed E-state index contributed by atoms with van der Waals surface area (Å²) in [6.07, 6.45) is -4.34. The summed E-state index contributed by atoms with van der Waals surface area (Å²) in [5.74, 6) is 0. The first-order chi connectivity index (χ1) is 9.31. The van der Waals surface area contributed by atoms with Gasteiger partial charge in [0.05, 0.1) is 17.8 Å². The monoisotopic (exact) mass is 288 g/mol. The van der Waals surface area contributed by atoms with Crippen molar-refractivity contribution in [2.45, 2.75) is 32.2 Å². The predicted octanol–water partition coefficient (Wildman–Crippen LogP) is 3.36. The zero-order chi connectivity index (χ0) is 14.9. The summed E-state index contributed by atoms with van der Waals surface area (Å²) in [7, 11) is 1.49. The van der Waals surface area contributed by atoms with Gasteiger partial charge in [0.2, 0.25) is 0 Å². The number of hydrogen-bond acceptors (Lipinski definition) is 3. The molecular weight excluding hydrogens is 269 g/mol. The minimum absolute atomic E-state index is 0.0112. The molecule has 0 spiro atoms. The van der Waals surface area contributed by atoms with E-state index in [0.29, 0.717) is 18.8 Å². The van der Waals surface area contributed by atoms with Crippen LogP contribution < -0.4 is 10.2 Å². The molecule has 2 rings (SSSR count). The highest BCUT2D eigenvalue weighted by Crippen LogP contribution is 2.37. The van der Waals surface area contributed by atoms with Crippen molar-refractivity contribution in [2.24, 2.45) is 0 Å². The topological polar surface area (TPSA) is 24.5 Å². The largest absolute Gasteiger partial charge is 0.418 e. The van der Waals surface area contributed by atoms with Gasteiger partial charge < -0.3 is 15.0 Å². The lowest BCUT2D eigenvalue weighted by Gasteiger charge is -2.37. The van der Waals surface area contributed by atoms with Gasteiger partial charge in [-0.15, -0.1) is 0 Å². The third-order valence-corrected chi connectivity index (χ3v) is 3.36. The lowest BCUT2D eigenvalue weighted by molar-refractivity contribution is -0.136. The van der Waals surface area contributed by atoms with E-state index in [1.807, 2.05) is 18.7 Å². The number of nitrogens with one attached hydrogen (secondary N) is 1. The maximum atomic E-state index is 13.1. The van der Waals surface area contributed by atoms with Crippen molar-refractivity contribution in [2.75, 3.05) is 30.4 Å². The van der Waals surface area contributed by atoms with E-state index < -0.39 is 11.7 Å². The van der Waals surface area contributed by atoms with Crippen LogP contribution in [-0.2, 0) is 10.9 Å². The van der Waals surface area contributed by atoms with Gasteiger partial charge in [0.1, 0.15) is 0 Å². The molecule has 0 aliphatic carbocycles. The minimum atomic E-state index is -4.36. The molecule has 0 radical (unpaired) electrons. The molecule has 1 heterocycles. The molecule has 1 aromatic rings. The molecule has 1 aliphatic rings. The molecule has 0 bridgehead atoms. The van der Waals surface area contributed by atoms with E-state index in [-0.39, 0.29) is 17.9 Å². The third-order valence-electron chi connectivity index (χ3n) is 3.36. The van der Waals surface area contributed by atoms with E-state index in [9.17, 15) is 13.2 Å². The summed E-state index contributed by atoms with van der Waals surface area (Å²) in [4.78, 5) is 1.94. The predicted molar refractivity (Wildman–Crippen MR) is 73.2 cm³/mol. The van der Waals surface area contributed by atoms with Crippen LogP contribution in [0.2, 0.25) is 0 Å². The van der Waals surface area contributed by atoms with E-state index in [1.54, 1.807) is 6.07 Å². The number of ether oxygens (including phenoxy) is 1. The van der Waals surface area contributed by atoms with Gasteiger partial charge in [0, 0.05) is 31.5 Å². The summed E-state index contributed by atoms with van der Waals surface area (Å²) >= 11 is 0. The molecular formula is C14H19F3N2O. The van der Waals surface area contributed by atoms with Crippen molar-refractivity contribution in [3.05, 3.63) is 23.8 Å². The first-order valence-corrected chi connectivity index (χ1v) is 6.60. The van der Waals surface area contributed by atoms with E-state index in [2.05, 4.69) is 5.32 Å². The van der Waals surface area contributed by atoms with Gasteiger partial charge >= 0.3 is 6.18 Å². The molecule has 1 saturated heterocycles. The Labute approximate surface area is 116 Å². The lowest BCUT2D eigenvalue weighted by atomic mass is 10.1. The molecule has 1 N–H and O–H groups in total. The van der Waals surface area contributed by atoms with Crippen molar-refractivity contribution < 1.29 is 17.9 Å². The molecule has 0 saturated carbocycles. The van der Waals surface area contributed by atoms with Crippen molar-refractivity contribution in [1.29, 1.82) is 0 Å². The van der Waals surface area contributed by atoms with Crippen LogP contribution in [0.15, 0.2) is 18.2 Å². The Hall–Kier alpha value is -1.43. The average Bonchev–Trinajstić information content (AvgIpc) is 2.35. The van der Waals surface area contributed by atoms with Crippen molar-refractivity contribution in [3.8, 4) is 0 Å². The van der Waals surface area contributed by atoms with Gasteiger partial charge in [-0.1, -0.05) is 0 Å². The highest BCUT2D eigenvalue weighted by Gasteiger charge is 2.34. The molecule has 112 valence electrons. The van der Waals surface area contributed by atoms with Crippen LogP contribution in [0.1, 0.15) is 19.4 Å². The molecule has 0 amide bonds. The highest BCUT2D eigenvalue weighted by molar-refractivity contribution is 5.61. The molecule has 2 atom stereocenters. The average molecular weight is 288 g/mol. The summed E-state index contributed by atoms with van der Waals surface area (Å²) in [5, 5.41) is 2.59. The van der Waals surface area contributed by atoms with Crippen molar-refractivity contribution >= 4 is 11.4 Å². The number of hydrogen-bond donors (Lipinski definition) is 1. The summed E-state index contributed by atoms with van der Waals surface area (Å²) in [6, 6.07) is 4.39. The SMILES string of the molecule is CNc1ccc(N2CC(C)OC(C)C2)cc1C(F)(F)F. The van der Waals surface area contributed by atoms with Crippen LogP contribution in [-0.4, -0.2) is 32.3 Å². The van der Waals surface area contributed by atoms with Crippen molar-refractivity contribution in [1.82, 2.24) is 0 Å². The number of morpholine rings is 1. The van der Waals surface area contributed by atoms with Gasteiger partial charge in [-0.2, -0.15) is 13.2 Å². The smallest absolute Gasteiger partial charge is 0.388 e. The van der Waals surface area contributed by atoms with Gasteiger partial charge in [-0.05, 0) is 32.0 Å². The molecule has 3 nitrogen and oxygen atoms in total. The number of rotatable bonds is 2. The van der Waals surface area contributed by atoms with Gasteiger partial charge in [-0.25, -0.2) is 0 Å². The standard InChI is InChI=1S/C14H19F3N2O/c1-9-7-19(8-10(2)20-9)11-4-5-13(18-3)12(6-11)14(15,16)17/h4-6,9-10,18H,7-8H2,1-3H3. The molecule has 2 unspecified atom stereocenters. The van der Waals surface area contributed by atoms with E-state index in [0.717, 1.165) is 0 Å². The van der Waals surface area contributed by atoms with Crippen LogP contribution in [0, 0.1) is 0 Å². The first kappa shape index (κ1) is 15.0. The van der Waals surface area contributed by atoms with Crippen LogP contribution >= 0.6 is 0 Å². The molecule has 1 aliphatic heterocycles. The summed E-state index contributed by atoms with van der Waals surface area (Å²) in [5.41, 5.74) is 0.0400. The molecule has 6 heteroatoms. The number of anilines is 2. The maximum Gasteiger partial charge on any atom is 0.418 e. The Kier molecular flexibility index (Phi) is 4.13. The van der Waals surface area contributed by atoms with E-state index >= 15 is 0 Å². The molecule has 0 aromatic heterocycles. The van der Waals surface area contributed by atoms with Crippen LogP contribution in [0.4, 0.5) is 24.5 Å². The Morgan fingerprint density at radius 1 is 1.20 bits per heavy atom. The second-order valence-corrected chi connectivity index (χ2v) is 5.14. The quantitative estimate of drug-likeness (QED) is 0.903. The molecule has 1 aromatic carbocycles. The summed E-state index contributed by atoms with van der Waals surface area (Å²) < 4.78 is 44.8. The number of nitrogens with zero attached hydrogens (tertiary/aromatic N) is 1. The van der Waals surface area contributed by atoms with Crippen LogP contribution in [0.3, 0.4) is 0 Å². The number of benzene rings is 1. The fourth-order valence-electron chi connectivity index (χ4n) is 2.57. The lowest BCUT2D eigenvalue weighted by Crippen LogP contribution is -2.45. The minimum Gasteiger partial charge on any atom is -0.388 e. The first-order valence-electron chi connectivity index (χ1n) is 6.60. The van der Waals surface area contributed by atoms with E-state index in [4.69, 9.17) is 4.74 Å². The summed E-state index contributed by atoms with van der Waals surface area (Å²) in [6.45, 7) is 5.05. The zero-order valence-electron chi connectivity index (χ0n) is 11.8. The third kappa shape index (κ3) is 3.17. The number of alkyl halides is 3. The van der Waals surface area contributed by atoms with Gasteiger partial charge in [0.15, 0.2) is 0 Å². The Morgan fingerprint density at radius 3 is 2.30 bits per heavy atom. The highest BCUT2D eigenvalue weighted by atomic mass is 19.4. The van der Waals surface area contributed by atoms with Crippen molar-refractivity contribution in [3.63, 3.8) is 0 Å². The maximum absolute atomic E-state index is 13.1. The van der Waals surface area contributed by atoms with Crippen LogP contribution in [0.25, 0.3) is 0 Å². The fraction of sp³-hybridized carbons (Fsp3) is 0.571.